The van der Waals surface area contributed by atoms with Crippen molar-refractivity contribution in [2.24, 2.45) is 0 Å². The number of benzene rings is 1. The molecule has 5 heteroatoms. The number of piperidine rings is 1. The number of hydrogen-bond donors (Lipinski definition) is 1. The van der Waals surface area contributed by atoms with E-state index in [9.17, 15) is 18.3 Å². The Morgan fingerprint density at radius 3 is 2.04 bits per heavy atom. The van der Waals surface area contributed by atoms with Gasteiger partial charge in [0.1, 0.15) is 0 Å². The third kappa shape index (κ3) is 4.70. The van der Waals surface area contributed by atoms with Gasteiger partial charge >= 0.3 is 6.18 Å². The minimum atomic E-state index is -4.29. The van der Waals surface area contributed by atoms with Gasteiger partial charge in [-0.25, -0.2) is 0 Å². The molecular formula is C18H26F3NO. The molecule has 0 spiro atoms. The number of rotatable bonds is 4. The highest BCUT2D eigenvalue weighted by Crippen LogP contribution is 2.34. The van der Waals surface area contributed by atoms with E-state index in [0.717, 1.165) is 37.9 Å². The quantitative estimate of drug-likeness (QED) is 0.894. The zero-order chi connectivity index (χ0) is 17.3. The molecule has 1 aromatic rings. The molecule has 0 aromatic heterocycles. The highest BCUT2D eigenvalue weighted by molar-refractivity contribution is 5.29. The Balaban J connectivity index is 2.03. The van der Waals surface area contributed by atoms with Crippen molar-refractivity contribution in [3.63, 3.8) is 0 Å². The standard InChI is InChI=1S/C18H26F3NO/c1-13(22-10-8-16(23)9-11-22)12-17(2,3)14-4-6-15(7-5-14)18(19,20)21/h4-7,13,16,23H,8-12H2,1-3H3. The van der Waals surface area contributed by atoms with Crippen LogP contribution in [0.3, 0.4) is 0 Å². The number of halogens is 3. The molecule has 1 aromatic carbocycles. The average molecular weight is 329 g/mol. The molecule has 1 aliphatic rings. The van der Waals surface area contributed by atoms with E-state index in [2.05, 4.69) is 25.7 Å². The van der Waals surface area contributed by atoms with Gasteiger partial charge in [0.25, 0.3) is 0 Å². The number of nitrogens with zero attached hydrogens (tertiary/aromatic N) is 1. The van der Waals surface area contributed by atoms with Crippen molar-refractivity contribution in [1.82, 2.24) is 4.90 Å². The first kappa shape index (κ1) is 18.3. The van der Waals surface area contributed by atoms with Crippen molar-refractivity contribution in [2.75, 3.05) is 13.1 Å². The lowest BCUT2D eigenvalue weighted by Gasteiger charge is -2.38. The second kappa shape index (κ2) is 6.81. The lowest BCUT2D eigenvalue weighted by molar-refractivity contribution is -0.137. The molecule has 2 nitrogen and oxygen atoms in total. The highest BCUT2D eigenvalue weighted by Gasteiger charge is 2.32. The maximum Gasteiger partial charge on any atom is 0.416 e. The van der Waals surface area contributed by atoms with E-state index in [1.165, 1.54) is 12.1 Å². The van der Waals surface area contributed by atoms with E-state index >= 15 is 0 Å². The fraction of sp³-hybridized carbons (Fsp3) is 0.667. The van der Waals surface area contributed by atoms with Crippen LogP contribution in [-0.2, 0) is 11.6 Å². The third-order valence-corrected chi connectivity index (χ3v) is 4.92. The van der Waals surface area contributed by atoms with E-state index in [1.807, 2.05) is 0 Å². The summed E-state index contributed by atoms with van der Waals surface area (Å²) in [7, 11) is 0. The zero-order valence-electron chi connectivity index (χ0n) is 14.0. The summed E-state index contributed by atoms with van der Waals surface area (Å²) >= 11 is 0. The van der Waals surface area contributed by atoms with E-state index in [-0.39, 0.29) is 11.5 Å². The molecule has 0 saturated carbocycles. The molecule has 1 fully saturated rings. The molecule has 1 heterocycles. The molecule has 2 rings (SSSR count). The van der Waals surface area contributed by atoms with Gasteiger partial charge in [-0.1, -0.05) is 26.0 Å². The largest absolute Gasteiger partial charge is 0.416 e. The summed E-state index contributed by atoms with van der Waals surface area (Å²) < 4.78 is 38.0. The van der Waals surface area contributed by atoms with Gasteiger partial charge in [0.15, 0.2) is 0 Å². The second-order valence-electron chi connectivity index (χ2n) is 7.28. The Kier molecular flexibility index (Phi) is 5.41. The van der Waals surface area contributed by atoms with E-state index in [1.54, 1.807) is 12.1 Å². The monoisotopic (exact) mass is 329 g/mol. The third-order valence-electron chi connectivity index (χ3n) is 4.92. The predicted octanol–water partition coefficient (Wildman–Crippen LogP) is 4.22. The maximum atomic E-state index is 12.7. The first-order valence-electron chi connectivity index (χ1n) is 8.19. The van der Waals surface area contributed by atoms with Gasteiger partial charge in [-0.05, 0) is 49.3 Å². The molecule has 1 atom stereocenters. The summed E-state index contributed by atoms with van der Waals surface area (Å²) in [6.07, 6.45) is -2.02. The molecule has 0 aliphatic carbocycles. The molecule has 1 saturated heterocycles. The van der Waals surface area contributed by atoms with Crippen LogP contribution >= 0.6 is 0 Å². The summed E-state index contributed by atoms with van der Waals surface area (Å²) in [5.74, 6) is 0. The van der Waals surface area contributed by atoms with Crippen LogP contribution < -0.4 is 0 Å². The number of hydrogen-bond acceptors (Lipinski definition) is 2. The van der Waals surface area contributed by atoms with Gasteiger partial charge in [0, 0.05) is 19.1 Å². The normalized spacial score (nSPS) is 19.8. The van der Waals surface area contributed by atoms with Crippen LogP contribution in [0, 0.1) is 0 Å². The Hall–Kier alpha value is -1.07. The fourth-order valence-electron chi connectivity index (χ4n) is 3.42. The van der Waals surface area contributed by atoms with Crippen molar-refractivity contribution >= 4 is 0 Å². The van der Waals surface area contributed by atoms with Crippen LogP contribution in [-0.4, -0.2) is 35.2 Å². The number of likely N-dealkylation sites (tertiary alicyclic amines) is 1. The molecule has 1 unspecified atom stereocenters. The van der Waals surface area contributed by atoms with Crippen LogP contribution in [0.2, 0.25) is 0 Å². The van der Waals surface area contributed by atoms with E-state index in [0.29, 0.717) is 6.04 Å². The highest BCUT2D eigenvalue weighted by atomic mass is 19.4. The van der Waals surface area contributed by atoms with Gasteiger partial charge in [-0.2, -0.15) is 13.2 Å². The van der Waals surface area contributed by atoms with Crippen LogP contribution in [0.1, 0.15) is 51.2 Å². The molecule has 0 amide bonds. The lowest BCUT2D eigenvalue weighted by Crippen LogP contribution is -2.43. The predicted molar refractivity (Wildman–Crippen MR) is 85.4 cm³/mol. The maximum absolute atomic E-state index is 12.7. The van der Waals surface area contributed by atoms with Crippen LogP contribution in [0.5, 0.6) is 0 Å². The Morgan fingerprint density at radius 2 is 1.57 bits per heavy atom. The van der Waals surface area contributed by atoms with Crippen molar-refractivity contribution in [3.8, 4) is 0 Å². The molecular weight excluding hydrogens is 303 g/mol. The SMILES string of the molecule is CC(CC(C)(C)c1ccc(C(F)(F)F)cc1)N1CCC(O)CC1. The Bertz CT molecular complexity index is 502. The lowest BCUT2D eigenvalue weighted by atomic mass is 9.78. The zero-order valence-corrected chi connectivity index (χ0v) is 14.0. The summed E-state index contributed by atoms with van der Waals surface area (Å²) in [5.41, 5.74) is 0.129. The Morgan fingerprint density at radius 1 is 1.09 bits per heavy atom. The van der Waals surface area contributed by atoms with Crippen molar-refractivity contribution < 1.29 is 18.3 Å². The summed E-state index contributed by atoms with van der Waals surface area (Å²) in [6, 6.07) is 5.85. The first-order chi connectivity index (χ1) is 10.6. The van der Waals surface area contributed by atoms with Gasteiger partial charge in [-0.3, -0.25) is 0 Å². The van der Waals surface area contributed by atoms with E-state index < -0.39 is 11.7 Å². The number of aliphatic hydroxyl groups excluding tert-OH is 1. The van der Waals surface area contributed by atoms with Gasteiger partial charge < -0.3 is 10.0 Å². The smallest absolute Gasteiger partial charge is 0.393 e. The molecule has 0 radical (unpaired) electrons. The molecule has 0 bridgehead atoms. The van der Waals surface area contributed by atoms with Crippen molar-refractivity contribution in [3.05, 3.63) is 35.4 Å². The van der Waals surface area contributed by atoms with Crippen molar-refractivity contribution in [1.29, 1.82) is 0 Å². The first-order valence-corrected chi connectivity index (χ1v) is 8.19. The van der Waals surface area contributed by atoms with E-state index in [4.69, 9.17) is 0 Å². The van der Waals surface area contributed by atoms with Crippen LogP contribution in [0.25, 0.3) is 0 Å². The molecule has 130 valence electrons. The number of aliphatic hydroxyl groups is 1. The molecule has 23 heavy (non-hydrogen) atoms. The van der Waals surface area contributed by atoms with Gasteiger partial charge in [0.2, 0.25) is 0 Å². The minimum Gasteiger partial charge on any atom is -0.393 e. The Labute approximate surface area is 136 Å². The topological polar surface area (TPSA) is 23.5 Å². The number of alkyl halides is 3. The summed E-state index contributed by atoms with van der Waals surface area (Å²) in [5, 5.41) is 9.59. The average Bonchev–Trinajstić information content (AvgIpc) is 2.46. The summed E-state index contributed by atoms with van der Waals surface area (Å²) in [4.78, 5) is 2.36. The van der Waals surface area contributed by atoms with Crippen LogP contribution in [0.15, 0.2) is 24.3 Å². The fourth-order valence-corrected chi connectivity index (χ4v) is 3.42. The molecule has 1 aliphatic heterocycles. The van der Waals surface area contributed by atoms with Crippen LogP contribution in [0.4, 0.5) is 13.2 Å². The minimum absolute atomic E-state index is 0.193. The molecule has 1 N–H and O–H groups in total. The van der Waals surface area contributed by atoms with Crippen molar-refractivity contribution in [2.45, 2.75) is 63.8 Å². The second-order valence-corrected chi connectivity index (χ2v) is 7.28. The van der Waals surface area contributed by atoms with Gasteiger partial charge in [0.05, 0.1) is 11.7 Å². The van der Waals surface area contributed by atoms with Gasteiger partial charge in [-0.15, -0.1) is 0 Å². The summed E-state index contributed by atoms with van der Waals surface area (Å²) in [6.45, 7) is 8.07.